The lowest BCUT2D eigenvalue weighted by Gasteiger charge is -2.13. The zero-order valence-electron chi connectivity index (χ0n) is 13.2. The highest BCUT2D eigenvalue weighted by Crippen LogP contribution is 2.48. The minimum atomic E-state index is 0.613. The van der Waals surface area contributed by atoms with Crippen LogP contribution < -0.4 is 0 Å². The maximum atomic E-state index is 6.53. The van der Waals surface area contributed by atoms with Gasteiger partial charge in [-0.2, -0.15) is 0 Å². The Kier molecular flexibility index (Phi) is 4.13. The predicted molar refractivity (Wildman–Crippen MR) is 102 cm³/mol. The number of benzene rings is 2. The highest BCUT2D eigenvalue weighted by Gasteiger charge is 2.25. The molecule has 0 saturated carbocycles. The fourth-order valence-corrected chi connectivity index (χ4v) is 4.33. The molecule has 0 radical (unpaired) electrons. The molecule has 0 fully saturated rings. The van der Waals surface area contributed by atoms with Crippen molar-refractivity contribution in [1.82, 2.24) is 4.57 Å². The first-order chi connectivity index (χ1) is 11.8. The van der Waals surface area contributed by atoms with Crippen LogP contribution in [0.3, 0.4) is 0 Å². The Balaban J connectivity index is 2.03. The van der Waals surface area contributed by atoms with Crippen molar-refractivity contribution in [2.75, 3.05) is 6.61 Å². The van der Waals surface area contributed by atoms with Crippen molar-refractivity contribution in [3.05, 3.63) is 83.1 Å². The van der Waals surface area contributed by atoms with Gasteiger partial charge >= 0.3 is 0 Å². The Labute approximate surface area is 150 Å². The third-order valence-electron chi connectivity index (χ3n) is 3.92. The van der Waals surface area contributed by atoms with Gasteiger partial charge in [-0.25, -0.2) is 0 Å². The first-order valence-electron chi connectivity index (χ1n) is 7.86. The molecular formula is C20H16ClNOS. The molecule has 1 aliphatic rings. The molecule has 0 saturated heterocycles. The van der Waals surface area contributed by atoms with E-state index in [0.29, 0.717) is 6.61 Å². The largest absolute Gasteiger partial charge is 0.490 e. The summed E-state index contributed by atoms with van der Waals surface area (Å²) in [4.78, 5) is 2.13. The summed E-state index contributed by atoms with van der Waals surface area (Å²) in [5.41, 5.74) is 3.26. The highest BCUT2D eigenvalue weighted by molar-refractivity contribution is 8.08. The second kappa shape index (κ2) is 6.42. The molecule has 0 amide bonds. The Morgan fingerprint density at radius 1 is 1.00 bits per heavy atom. The number of aromatic nitrogens is 1. The molecule has 1 aliphatic heterocycles. The lowest BCUT2D eigenvalue weighted by Crippen LogP contribution is -2.01. The molecule has 1 aromatic heterocycles. The van der Waals surface area contributed by atoms with E-state index < -0.39 is 0 Å². The van der Waals surface area contributed by atoms with E-state index in [1.165, 1.54) is 0 Å². The van der Waals surface area contributed by atoms with Crippen molar-refractivity contribution in [2.45, 2.75) is 11.8 Å². The maximum Gasteiger partial charge on any atom is 0.157 e. The van der Waals surface area contributed by atoms with E-state index in [9.17, 15) is 0 Å². The number of hydrogen-bond acceptors (Lipinski definition) is 2. The Morgan fingerprint density at radius 2 is 1.83 bits per heavy atom. The molecule has 0 aliphatic carbocycles. The molecule has 2 heterocycles. The van der Waals surface area contributed by atoms with Crippen molar-refractivity contribution in [1.29, 1.82) is 0 Å². The minimum Gasteiger partial charge on any atom is -0.490 e. The van der Waals surface area contributed by atoms with Crippen LogP contribution >= 0.6 is 23.4 Å². The van der Waals surface area contributed by atoms with Crippen molar-refractivity contribution in [2.24, 2.45) is 0 Å². The van der Waals surface area contributed by atoms with E-state index in [1.807, 2.05) is 43.3 Å². The summed E-state index contributed by atoms with van der Waals surface area (Å²) in [5, 5.41) is 0.753. The zero-order valence-corrected chi connectivity index (χ0v) is 14.8. The normalized spacial score (nSPS) is 13.2. The van der Waals surface area contributed by atoms with Gasteiger partial charge in [0.25, 0.3) is 0 Å². The molecule has 2 nitrogen and oxygen atoms in total. The monoisotopic (exact) mass is 353 g/mol. The van der Waals surface area contributed by atoms with E-state index in [1.54, 1.807) is 11.8 Å². The SMILES string of the molecule is CCOC1=C(c2ccccc2)Sc2c(Cl)cccc2-n2cccc21. The zero-order chi connectivity index (χ0) is 16.5. The van der Waals surface area contributed by atoms with Crippen molar-refractivity contribution >= 4 is 34.0 Å². The molecule has 0 atom stereocenters. The van der Waals surface area contributed by atoms with E-state index in [2.05, 4.69) is 35.0 Å². The smallest absolute Gasteiger partial charge is 0.157 e. The molecule has 0 N–H and O–H groups in total. The molecule has 4 heteroatoms. The van der Waals surface area contributed by atoms with Crippen LogP contribution in [-0.2, 0) is 4.74 Å². The quantitative estimate of drug-likeness (QED) is 0.564. The maximum absolute atomic E-state index is 6.53. The summed E-state index contributed by atoms with van der Waals surface area (Å²) in [7, 11) is 0. The van der Waals surface area contributed by atoms with Crippen LogP contribution in [0.25, 0.3) is 16.4 Å². The summed E-state index contributed by atoms with van der Waals surface area (Å²) < 4.78 is 8.23. The van der Waals surface area contributed by atoms with Crippen LogP contribution in [0.4, 0.5) is 0 Å². The van der Waals surface area contributed by atoms with Crippen LogP contribution in [0, 0.1) is 0 Å². The first kappa shape index (κ1) is 15.4. The van der Waals surface area contributed by atoms with Crippen LogP contribution in [0.5, 0.6) is 0 Å². The molecule has 120 valence electrons. The average Bonchev–Trinajstić information content (AvgIpc) is 3.04. The third-order valence-corrected chi connectivity index (χ3v) is 5.61. The van der Waals surface area contributed by atoms with Gasteiger partial charge in [0.1, 0.15) is 0 Å². The number of hydrogen-bond donors (Lipinski definition) is 0. The van der Waals surface area contributed by atoms with Gasteiger partial charge in [0.2, 0.25) is 0 Å². The molecule has 4 rings (SSSR count). The van der Waals surface area contributed by atoms with Gasteiger partial charge in [-0.15, -0.1) is 0 Å². The van der Waals surface area contributed by atoms with E-state index in [4.69, 9.17) is 16.3 Å². The van der Waals surface area contributed by atoms with Crippen LogP contribution in [-0.4, -0.2) is 11.2 Å². The van der Waals surface area contributed by atoms with Gasteiger partial charge in [0, 0.05) is 6.20 Å². The van der Waals surface area contributed by atoms with Gasteiger partial charge in [-0.05, 0) is 36.8 Å². The lowest BCUT2D eigenvalue weighted by molar-refractivity contribution is 0.298. The van der Waals surface area contributed by atoms with Crippen LogP contribution in [0.2, 0.25) is 5.02 Å². The Hall–Kier alpha value is -2.10. The number of fused-ring (bicyclic) bond motifs is 3. The molecule has 0 unspecified atom stereocenters. The van der Waals surface area contributed by atoms with Gasteiger partial charge in [0.15, 0.2) is 5.76 Å². The number of halogens is 1. The van der Waals surface area contributed by atoms with Crippen molar-refractivity contribution in [3.8, 4) is 5.69 Å². The summed E-state index contributed by atoms with van der Waals surface area (Å²) >= 11 is 8.20. The Bertz CT molecular complexity index is 914. The van der Waals surface area contributed by atoms with Gasteiger partial charge < -0.3 is 9.30 Å². The average molecular weight is 354 g/mol. The Morgan fingerprint density at radius 3 is 2.62 bits per heavy atom. The number of nitrogens with zero attached hydrogens (tertiary/aromatic N) is 1. The molecule has 0 spiro atoms. The highest BCUT2D eigenvalue weighted by atomic mass is 35.5. The first-order valence-corrected chi connectivity index (χ1v) is 9.06. The van der Waals surface area contributed by atoms with Crippen LogP contribution in [0.15, 0.2) is 71.8 Å². The van der Waals surface area contributed by atoms with E-state index in [0.717, 1.165) is 37.5 Å². The number of rotatable bonds is 3. The fourth-order valence-electron chi connectivity index (χ4n) is 2.89. The second-order valence-electron chi connectivity index (χ2n) is 5.41. The number of ether oxygens (including phenoxy) is 1. The predicted octanol–water partition coefficient (Wildman–Crippen LogP) is 6.10. The van der Waals surface area contributed by atoms with E-state index in [-0.39, 0.29) is 0 Å². The summed E-state index contributed by atoms with van der Waals surface area (Å²) in [5.74, 6) is 0.894. The van der Waals surface area contributed by atoms with Crippen molar-refractivity contribution in [3.63, 3.8) is 0 Å². The van der Waals surface area contributed by atoms with Crippen molar-refractivity contribution < 1.29 is 4.74 Å². The van der Waals surface area contributed by atoms with E-state index >= 15 is 0 Å². The molecular weight excluding hydrogens is 338 g/mol. The fraction of sp³-hybridized carbons (Fsp3) is 0.100. The van der Waals surface area contributed by atoms with Gasteiger partial charge in [-0.1, -0.05) is 59.8 Å². The molecule has 2 aromatic carbocycles. The standard InChI is InChI=1S/C20H16ClNOS/c1-2-23-18-16-12-7-13-22(16)17-11-6-10-15(21)20(17)24-19(18)14-8-4-3-5-9-14/h3-13H,2H2,1H3. The summed E-state index contributed by atoms with van der Waals surface area (Å²) in [6.45, 7) is 2.63. The minimum absolute atomic E-state index is 0.613. The second-order valence-corrected chi connectivity index (χ2v) is 6.84. The molecule has 0 bridgehead atoms. The topological polar surface area (TPSA) is 14.2 Å². The lowest BCUT2D eigenvalue weighted by atomic mass is 10.1. The summed E-state index contributed by atoms with van der Waals surface area (Å²) in [6, 6.07) is 20.5. The third kappa shape index (κ3) is 2.54. The molecule has 24 heavy (non-hydrogen) atoms. The number of thioether (sulfide) groups is 1. The molecule has 3 aromatic rings. The van der Waals surface area contributed by atoms with Crippen LogP contribution in [0.1, 0.15) is 18.2 Å². The van der Waals surface area contributed by atoms with Gasteiger partial charge in [0.05, 0.1) is 32.8 Å². The summed E-state index contributed by atoms with van der Waals surface area (Å²) in [6.07, 6.45) is 2.05. The van der Waals surface area contributed by atoms with Gasteiger partial charge in [-0.3, -0.25) is 0 Å².